The topological polar surface area (TPSA) is 37.0 Å². The van der Waals surface area contributed by atoms with Crippen molar-refractivity contribution in [1.82, 2.24) is 10.3 Å². The van der Waals surface area contributed by atoms with E-state index in [1.54, 1.807) is 7.11 Å². The molecule has 1 aromatic heterocycles. The fourth-order valence-corrected chi connectivity index (χ4v) is 2.11. The number of rotatable bonds is 8. The van der Waals surface area contributed by atoms with Crippen LogP contribution in [0.3, 0.4) is 0 Å². The molecule has 1 aromatic carbocycles. The Bertz CT molecular complexity index is 464. The highest BCUT2D eigenvalue weighted by molar-refractivity contribution is 5.79. The monoisotopic (exact) mass is 246 g/mol. The molecule has 3 nitrogen and oxygen atoms in total. The fourth-order valence-electron chi connectivity index (χ4n) is 2.11. The van der Waals surface area contributed by atoms with Crippen molar-refractivity contribution < 1.29 is 4.74 Å². The molecule has 0 fully saturated rings. The third kappa shape index (κ3) is 3.86. The van der Waals surface area contributed by atoms with Gasteiger partial charge in [0.25, 0.3) is 0 Å². The van der Waals surface area contributed by atoms with E-state index in [0.29, 0.717) is 0 Å². The molecule has 0 saturated carbocycles. The first kappa shape index (κ1) is 13.1. The molecular formula is C15H22N2O. The van der Waals surface area contributed by atoms with Crippen molar-refractivity contribution in [3.05, 3.63) is 36.0 Å². The summed E-state index contributed by atoms with van der Waals surface area (Å²) in [7, 11) is 1.76. The number of aromatic amines is 1. The van der Waals surface area contributed by atoms with Crippen molar-refractivity contribution in [3.63, 3.8) is 0 Å². The normalized spacial score (nSPS) is 11.2. The van der Waals surface area contributed by atoms with Crippen LogP contribution in [0.4, 0.5) is 0 Å². The quantitative estimate of drug-likeness (QED) is 0.702. The number of hydrogen-bond acceptors (Lipinski definition) is 2. The molecule has 0 bridgehead atoms. The highest BCUT2D eigenvalue weighted by Gasteiger charge is 1.97. The molecule has 2 N–H and O–H groups in total. The van der Waals surface area contributed by atoms with Crippen molar-refractivity contribution in [2.24, 2.45) is 0 Å². The molecule has 18 heavy (non-hydrogen) atoms. The number of ether oxygens (including phenoxy) is 1. The van der Waals surface area contributed by atoms with Gasteiger partial charge in [0, 0.05) is 32.0 Å². The van der Waals surface area contributed by atoms with E-state index < -0.39 is 0 Å². The molecule has 0 saturated heterocycles. The summed E-state index contributed by atoms with van der Waals surface area (Å²) in [5, 5.41) is 4.76. The predicted molar refractivity (Wildman–Crippen MR) is 75.7 cm³/mol. The van der Waals surface area contributed by atoms with E-state index in [2.05, 4.69) is 34.6 Å². The number of methoxy groups -OCH3 is 1. The summed E-state index contributed by atoms with van der Waals surface area (Å²) >= 11 is 0. The smallest absolute Gasteiger partial charge is 0.0462 e. The standard InChI is InChI=1S/C15H22N2O/c1-18-10-4-2-3-8-16-12-13-5-6-14-7-9-17-15(14)11-13/h5-7,9,11,16-17H,2-4,8,10,12H2,1H3. The van der Waals surface area contributed by atoms with E-state index >= 15 is 0 Å². The second kappa shape index (κ2) is 7.19. The first-order valence-corrected chi connectivity index (χ1v) is 6.66. The molecule has 0 spiro atoms. The maximum Gasteiger partial charge on any atom is 0.0462 e. The zero-order valence-electron chi connectivity index (χ0n) is 11.0. The molecule has 0 aliphatic rings. The van der Waals surface area contributed by atoms with Gasteiger partial charge in [-0.05, 0) is 48.9 Å². The van der Waals surface area contributed by atoms with Crippen LogP contribution < -0.4 is 5.32 Å². The second-order valence-electron chi connectivity index (χ2n) is 4.63. The SMILES string of the molecule is COCCCCCNCc1ccc2cc[nH]c2c1. The lowest BCUT2D eigenvalue weighted by Crippen LogP contribution is -2.14. The summed E-state index contributed by atoms with van der Waals surface area (Å²) in [6.07, 6.45) is 5.59. The van der Waals surface area contributed by atoms with Crippen LogP contribution in [-0.2, 0) is 11.3 Å². The van der Waals surface area contributed by atoms with E-state index in [9.17, 15) is 0 Å². The van der Waals surface area contributed by atoms with Crippen LogP contribution >= 0.6 is 0 Å². The summed E-state index contributed by atoms with van der Waals surface area (Å²) in [4.78, 5) is 3.24. The molecule has 0 aliphatic carbocycles. The van der Waals surface area contributed by atoms with Crippen LogP contribution in [-0.4, -0.2) is 25.2 Å². The number of unbranched alkanes of at least 4 members (excludes halogenated alkanes) is 2. The first-order valence-electron chi connectivity index (χ1n) is 6.66. The second-order valence-corrected chi connectivity index (χ2v) is 4.63. The number of H-pyrrole nitrogens is 1. The molecule has 0 atom stereocenters. The Morgan fingerprint density at radius 1 is 1.17 bits per heavy atom. The van der Waals surface area contributed by atoms with Gasteiger partial charge in [-0.15, -0.1) is 0 Å². The van der Waals surface area contributed by atoms with Gasteiger partial charge in [-0.1, -0.05) is 12.1 Å². The predicted octanol–water partition coefficient (Wildman–Crippen LogP) is 3.07. The van der Waals surface area contributed by atoms with Crippen molar-refractivity contribution in [2.45, 2.75) is 25.8 Å². The van der Waals surface area contributed by atoms with Gasteiger partial charge in [0.1, 0.15) is 0 Å². The van der Waals surface area contributed by atoms with Crippen LogP contribution in [0.2, 0.25) is 0 Å². The lowest BCUT2D eigenvalue weighted by Gasteiger charge is -2.05. The van der Waals surface area contributed by atoms with Crippen molar-refractivity contribution in [1.29, 1.82) is 0 Å². The Morgan fingerprint density at radius 2 is 2.11 bits per heavy atom. The van der Waals surface area contributed by atoms with Gasteiger partial charge in [0.15, 0.2) is 0 Å². The Balaban J connectivity index is 1.67. The first-order chi connectivity index (χ1) is 8.90. The molecular weight excluding hydrogens is 224 g/mol. The van der Waals surface area contributed by atoms with E-state index in [1.807, 2.05) is 6.20 Å². The highest BCUT2D eigenvalue weighted by atomic mass is 16.5. The van der Waals surface area contributed by atoms with Gasteiger partial charge in [-0.25, -0.2) is 0 Å². The van der Waals surface area contributed by atoms with E-state index in [-0.39, 0.29) is 0 Å². The summed E-state index contributed by atoms with van der Waals surface area (Å²) in [6.45, 7) is 2.90. The highest BCUT2D eigenvalue weighted by Crippen LogP contribution is 2.13. The summed E-state index contributed by atoms with van der Waals surface area (Å²) in [6, 6.07) is 8.67. The molecule has 1 heterocycles. The van der Waals surface area contributed by atoms with Crippen molar-refractivity contribution in [3.8, 4) is 0 Å². The molecule has 0 unspecified atom stereocenters. The number of nitrogens with one attached hydrogen (secondary N) is 2. The van der Waals surface area contributed by atoms with Crippen LogP contribution in [0.5, 0.6) is 0 Å². The molecule has 2 aromatic rings. The van der Waals surface area contributed by atoms with Crippen molar-refractivity contribution in [2.75, 3.05) is 20.3 Å². The zero-order valence-corrected chi connectivity index (χ0v) is 11.0. The van der Waals surface area contributed by atoms with Gasteiger partial charge in [-0.3, -0.25) is 0 Å². The molecule has 0 radical (unpaired) electrons. The Hall–Kier alpha value is -1.32. The lowest BCUT2D eigenvalue weighted by molar-refractivity contribution is 0.192. The Kier molecular flexibility index (Phi) is 5.24. The lowest BCUT2D eigenvalue weighted by atomic mass is 10.1. The molecule has 0 aliphatic heterocycles. The number of aromatic nitrogens is 1. The third-order valence-corrected chi connectivity index (χ3v) is 3.15. The minimum atomic E-state index is 0.878. The van der Waals surface area contributed by atoms with Crippen LogP contribution in [0.15, 0.2) is 30.5 Å². The number of benzene rings is 1. The van der Waals surface area contributed by atoms with Gasteiger partial charge >= 0.3 is 0 Å². The van der Waals surface area contributed by atoms with Crippen LogP contribution in [0.1, 0.15) is 24.8 Å². The fraction of sp³-hybridized carbons (Fsp3) is 0.467. The van der Waals surface area contributed by atoms with Gasteiger partial charge in [0.05, 0.1) is 0 Å². The summed E-state index contributed by atoms with van der Waals surface area (Å²) in [5.41, 5.74) is 2.55. The van der Waals surface area contributed by atoms with Gasteiger partial charge in [0.2, 0.25) is 0 Å². The van der Waals surface area contributed by atoms with Gasteiger partial charge in [-0.2, -0.15) is 0 Å². The van der Waals surface area contributed by atoms with Crippen LogP contribution in [0, 0.1) is 0 Å². The third-order valence-electron chi connectivity index (χ3n) is 3.15. The molecule has 98 valence electrons. The molecule has 0 amide bonds. The number of hydrogen-bond donors (Lipinski definition) is 2. The Morgan fingerprint density at radius 3 is 3.00 bits per heavy atom. The average molecular weight is 246 g/mol. The Labute approximate surface area is 109 Å². The minimum absolute atomic E-state index is 0.878. The van der Waals surface area contributed by atoms with E-state index in [0.717, 1.165) is 26.1 Å². The molecule has 2 rings (SSSR count). The van der Waals surface area contributed by atoms with E-state index in [1.165, 1.54) is 29.3 Å². The summed E-state index contributed by atoms with van der Waals surface area (Å²) in [5.74, 6) is 0. The van der Waals surface area contributed by atoms with Crippen molar-refractivity contribution >= 4 is 10.9 Å². The van der Waals surface area contributed by atoms with Gasteiger partial charge < -0.3 is 15.0 Å². The zero-order chi connectivity index (χ0) is 12.6. The minimum Gasteiger partial charge on any atom is -0.385 e. The molecule has 3 heteroatoms. The maximum atomic E-state index is 5.03. The summed E-state index contributed by atoms with van der Waals surface area (Å²) < 4.78 is 5.03. The van der Waals surface area contributed by atoms with Crippen LogP contribution in [0.25, 0.3) is 10.9 Å². The largest absolute Gasteiger partial charge is 0.385 e. The van der Waals surface area contributed by atoms with E-state index in [4.69, 9.17) is 4.74 Å². The number of fused-ring (bicyclic) bond motifs is 1. The average Bonchev–Trinajstić information content (AvgIpc) is 2.85. The maximum absolute atomic E-state index is 5.03.